The number of benzene rings is 2. The predicted molar refractivity (Wildman–Crippen MR) is 106 cm³/mol. The number of hydrogen-bond acceptors (Lipinski definition) is 2. The van der Waals surface area contributed by atoms with Crippen LogP contribution in [0.3, 0.4) is 0 Å². The minimum absolute atomic E-state index is 0. The maximum atomic E-state index is 5.39. The summed E-state index contributed by atoms with van der Waals surface area (Å²) in [5, 5.41) is 0. The number of halogens is 1. The zero-order chi connectivity index (χ0) is 16.7. The van der Waals surface area contributed by atoms with Crippen molar-refractivity contribution in [3.63, 3.8) is 0 Å². The lowest BCUT2D eigenvalue weighted by Gasteiger charge is -2.25. The highest BCUT2D eigenvalue weighted by Gasteiger charge is 2.17. The zero-order valence-electron chi connectivity index (χ0n) is 15.0. The molecular weight excluding hydrogens is 318 g/mol. The quantitative estimate of drug-likeness (QED) is 0.704. The SMILES string of the molecule is C/C=C(\c1cccc(OC)c1)C(Cc1ccccc1)CN(C)C.Cl. The van der Waals surface area contributed by atoms with Gasteiger partial charge in [0.15, 0.2) is 0 Å². The highest BCUT2D eigenvalue weighted by atomic mass is 35.5. The molecular formula is C21H28ClNO. The van der Waals surface area contributed by atoms with Crippen molar-refractivity contribution in [2.45, 2.75) is 13.3 Å². The number of allylic oxidation sites excluding steroid dienone is 1. The summed E-state index contributed by atoms with van der Waals surface area (Å²) in [6.07, 6.45) is 3.28. The van der Waals surface area contributed by atoms with Gasteiger partial charge in [0.05, 0.1) is 7.11 Å². The molecule has 24 heavy (non-hydrogen) atoms. The molecule has 0 aliphatic carbocycles. The average Bonchev–Trinajstić information content (AvgIpc) is 2.56. The van der Waals surface area contributed by atoms with Crippen LogP contribution in [0.5, 0.6) is 5.75 Å². The fourth-order valence-corrected chi connectivity index (χ4v) is 3.05. The van der Waals surface area contributed by atoms with Crippen LogP contribution in [0.2, 0.25) is 0 Å². The van der Waals surface area contributed by atoms with Crippen LogP contribution in [-0.2, 0) is 6.42 Å². The fraction of sp³-hybridized carbons (Fsp3) is 0.333. The van der Waals surface area contributed by atoms with Crippen molar-refractivity contribution in [3.8, 4) is 5.75 Å². The molecule has 0 spiro atoms. The van der Waals surface area contributed by atoms with Gasteiger partial charge in [-0.3, -0.25) is 0 Å². The molecule has 0 saturated carbocycles. The predicted octanol–water partition coefficient (Wildman–Crippen LogP) is 4.94. The third kappa shape index (κ3) is 5.70. The molecule has 0 radical (unpaired) electrons. The highest BCUT2D eigenvalue weighted by Crippen LogP contribution is 2.29. The molecule has 0 saturated heterocycles. The molecule has 2 aromatic carbocycles. The summed E-state index contributed by atoms with van der Waals surface area (Å²) in [6.45, 7) is 3.15. The molecule has 0 amide bonds. The summed E-state index contributed by atoms with van der Waals surface area (Å²) in [7, 11) is 5.99. The molecule has 0 bridgehead atoms. The molecule has 2 nitrogen and oxygen atoms in total. The van der Waals surface area contributed by atoms with E-state index in [0.717, 1.165) is 18.7 Å². The summed E-state index contributed by atoms with van der Waals surface area (Å²) in [6, 6.07) is 19.1. The number of hydrogen-bond donors (Lipinski definition) is 0. The monoisotopic (exact) mass is 345 g/mol. The molecule has 1 atom stereocenters. The number of ether oxygens (including phenoxy) is 1. The fourth-order valence-electron chi connectivity index (χ4n) is 3.05. The minimum atomic E-state index is 0. The van der Waals surface area contributed by atoms with Crippen LogP contribution < -0.4 is 4.74 Å². The Morgan fingerprint density at radius 1 is 1.08 bits per heavy atom. The van der Waals surface area contributed by atoms with E-state index in [1.54, 1.807) is 7.11 Å². The van der Waals surface area contributed by atoms with Gasteiger partial charge in [-0.1, -0.05) is 48.5 Å². The topological polar surface area (TPSA) is 12.5 Å². The van der Waals surface area contributed by atoms with E-state index in [1.807, 2.05) is 6.07 Å². The number of methoxy groups -OCH3 is 1. The van der Waals surface area contributed by atoms with Crippen LogP contribution in [0.25, 0.3) is 5.57 Å². The largest absolute Gasteiger partial charge is 0.497 e. The first-order valence-corrected chi connectivity index (χ1v) is 8.13. The second-order valence-electron chi connectivity index (χ2n) is 6.12. The molecule has 0 heterocycles. The van der Waals surface area contributed by atoms with Crippen molar-refractivity contribution in [3.05, 3.63) is 71.8 Å². The van der Waals surface area contributed by atoms with Gasteiger partial charge in [-0.05, 0) is 56.3 Å². The van der Waals surface area contributed by atoms with E-state index in [0.29, 0.717) is 5.92 Å². The van der Waals surface area contributed by atoms with Crippen LogP contribution in [0.4, 0.5) is 0 Å². The molecule has 0 fully saturated rings. The summed E-state index contributed by atoms with van der Waals surface area (Å²) in [4.78, 5) is 2.26. The summed E-state index contributed by atoms with van der Waals surface area (Å²) < 4.78 is 5.39. The highest BCUT2D eigenvalue weighted by molar-refractivity contribution is 5.85. The summed E-state index contributed by atoms with van der Waals surface area (Å²) in [5.74, 6) is 1.36. The molecule has 0 N–H and O–H groups in total. The molecule has 0 aromatic heterocycles. The molecule has 1 unspecified atom stereocenters. The number of nitrogens with zero attached hydrogens (tertiary/aromatic N) is 1. The molecule has 2 rings (SSSR count). The Kier molecular flexibility index (Phi) is 8.59. The van der Waals surface area contributed by atoms with Gasteiger partial charge in [-0.15, -0.1) is 12.4 Å². The maximum Gasteiger partial charge on any atom is 0.119 e. The van der Waals surface area contributed by atoms with Crippen LogP contribution in [0, 0.1) is 5.92 Å². The number of rotatable bonds is 7. The second-order valence-corrected chi connectivity index (χ2v) is 6.12. The van der Waals surface area contributed by atoms with E-state index in [1.165, 1.54) is 16.7 Å². The van der Waals surface area contributed by atoms with Gasteiger partial charge in [0, 0.05) is 12.5 Å². The standard InChI is InChI=1S/C21H27NO.ClH/c1-5-21(18-12-9-13-20(15-18)23-4)19(16-22(2)3)14-17-10-7-6-8-11-17;/h5-13,15,19H,14,16H2,1-4H3;1H/b21-5+;. The lowest BCUT2D eigenvalue weighted by molar-refractivity contribution is 0.363. The summed E-state index contributed by atoms with van der Waals surface area (Å²) in [5.41, 5.74) is 4.00. The van der Waals surface area contributed by atoms with Crippen molar-refractivity contribution < 1.29 is 4.74 Å². The molecule has 130 valence electrons. The average molecular weight is 346 g/mol. The smallest absolute Gasteiger partial charge is 0.119 e. The van der Waals surface area contributed by atoms with Gasteiger partial charge in [-0.2, -0.15) is 0 Å². The van der Waals surface area contributed by atoms with Crippen molar-refractivity contribution in [1.82, 2.24) is 4.90 Å². The first-order valence-electron chi connectivity index (χ1n) is 8.13. The van der Waals surface area contributed by atoms with E-state index in [4.69, 9.17) is 4.74 Å². The normalized spacial score (nSPS) is 12.6. The lowest BCUT2D eigenvalue weighted by Crippen LogP contribution is -2.24. The Labute approximate surface area is 152 Å². The van der Waals surface area contributed by atoms with Gasteiger partial charge in [-0.25, -0.2) is 0 Å². The first-order chi connectivity index (χ1) is 11.1. The van der Waals surface area contributed by atoms with Crippen molar-refractivity contribution in [2.75, 3.05) is 27.7 Å². The van der Waals surface area contributed by atoms with Gasteiger partial charge >= 0.3 is 0 Å². The Bertz CT molecular complexity index is 637. The maximum absolute atomic E-state index is 5.39. The Morgan fingerprint density at radius 3 is 2.38 bits per heavy atom. The van der Waals surface area contributed by atoms with E-state index in [-0.39, 0.29) is 12.4 Å². The van der Waals surface area contributed by atoms with Crippen LogP contribution in [0.15, 0.2) is 60.7 Å². The van der Waals surface area contributed by atoms with E-state index >= 15 is 0 Å². The lowest BCUT2D eigenvalue weighted by atomic mass is 9.86. The summed E-state index contributed by atoms with van der Waals surface area (Å²) >= 11 is 0. The van der Waals surface area contributed by atoms with Crippen LogP contribution >= 0.6 is 12.4 Å². The van der Waals surface area contributed by atoms with Crippen LogP contribution in [0.1, 0.15) is 18.1 Å². The van der Waals surface area contributed by atoms with Crippen molar-refractivity contribution in [2.24, 2.45) is 5.92 Å². The third-order valence-electron chi connectivity index (χ3n) is 4.06. The van der Waals surface area contributed by atoms with Gasteiger partial charge in [0.2, 0.25) is 0 Å². The molecule has 3 heteroatoms. The van der Waals surface area contributed by atoms with E-state index < -0.39 is 0 Å². The molecule has 0 aliphatic heterocycles. The Balaban J connectivity index is 0.00000288. The van der Waals surface area contributed by atoms with Crippen molar-refractivity contribution >= 4 is 18.0 Å². The second kappa shape index (κ2) is 10.2. The van der Waals surface area contributed by atoms with Crippen LogP contribution in [-0.4, -0.2) is 32.6 Å². The first kappa shape index (κ1) is 20.3. The zero-order valence-corrected chi connectivity index (χ0v) is 15.8. The van der Waals surface area contributed by atoms with Gasteiger partial charge < -0.3 is 9.64 Å². The molecule has 0 aliphatic rings. The van der Waals surface area contributed by atoms with E-state index in [2.05, 4.69) is 80.5 Å². The minimum Gasteiger partial charge on any atom is -0.497 e. The van der Waals surface area contributed by atoms with Gasteiger partial charge in [0.1, 0.15) is 5.75 Å². The van der Waals surface area contributed by atoms with Gasteiger partial charge in [0.25, 0.3) is 0 Å². The Hall–Kier alpha value is -1.77. The Morgan fingerprint density at radius 2 is 1.79 bits per heavy atom. The van der Waals surface area contributed by atoms with Crippen molar-refractivity contribution in [1.29, 1.82) is 0 Å². The molecule has 2 aromatic rings. The third-order valence-corrected chi connectivity index (χ3v) is 4.06. The van der Waals surface area contributed by atoms with E-state index in [9.17, 15) is 0 Å².